The highest BCUT2D eigenvalue weighted by atomic mass is 16.8. The molecule has 0 radical (unpaired) electrons. The van der Waals surface area contributed by atoms with Gasteiger partial charge < -0.3 is 14.2 Å². The van der Waals surface area contributed by atoms with E-state index in [0.29, 0.717) is 11.8 Å². The molecule has 1 atom stereocenters. The molecule has 72 valence electrons. The Kier molecular flexibility index (Phi) is 3.98. The summed E-state index contributed by atoms with van der Waals surface area (Å²) in [4.78, 5) is 0. The van der Waals surface area contributed by atoms with Gasteiger partial charge in [-0.25, -0.2) is 0 Å². The van der Waals surface area contributed by atoms with Gasteiger partial charge in [0, 0.05) is 13.0 Å². The summed E-state index contributed by atoms with van der Waals surface area (Å²) in [7, 11) is 1.59. The van der Waals surface area contributed by atoms with Gasteiger partial charge in [0.2, 0.25) is 0 Å². The SMILES string of the molecule is CC[C@@H](C)C1COC(OC)OC1. The van der Waals surface area contributed by atoms with Crippen LogP contribution in [0, 0.1) is 11.8 Å². The quantitative estimate of drug-likeness (QED) is 0.650. The molecule has 0 aromatic rings. The van der Waals surface area contributed by atoms with Gasteiger partial charge in [-0.05, 0) is 5.92 Å². The summed E-state index contributed by atoms with van der Waals surface area (Å²) in [5, 5.41) is 0. The van der Waals surface area contributed by atoms with Gasteiger partial charge in [-0.15, -0.1) is 0 Å². The van der Waals surface area contributed by atoms with E-state index in [0.717, 1.165) is 13.2 Å². The number of methoxy groups -OCH3 is 1. The minimum absolute atomic E-state index is 0.440. The lowest BCUT2D eigenvalue weighted by Crippen LogP contribution is -2.35. The van der Waals surface area contributed by atoms with Crippen molar-refractivity contribution in [2.24, 2.45) is 11.8 Å². The van der Waals surface area contributed by atoms with E-state index < -0.39 is 6.48 Å². The largest absolute Gasteiger partial charge is 0.333 e. The minimum Gasteiger partial charge on any atom is -0.333 e. The molecule has 0 aromatic carbocycles. The van der Waals surface area contributed by atoms with Crippen LogP contribution >= 0.6 is 0 Å². The highest BCUT2D eigenvalue weighted by Crippen LogP contribution is 2.21. The molecule has 1 saturated heterocycles. The third-order valence-electron chi connectivity index (χ3n) is 2.53. The second-order valence-corrected chi connectivity index (χ2v) is 3.34. The Balaban J connectivity index is 2.25. The van der Waals surface area contributed by atoms with Crippen LogP contribution in [0.25, 0.3) is 0 Å². The maximum atomic E-state index is 5.32. The molecule has 1 fully saturated rings. The first-order chi connectivity index (χ1) is 5.77. The fourth-order valence-corrected chi connectivity index (χ4v) is 1.30. The highest BCUT2D eigenvalue weighted by molar-refractivity contribution is 4.66. The first kappa shape index (κ1) is 9.96. The summed E-state index contributed by atoms with van der Waals surface area (Å²) in [5.41, 5.74) is 0. The first-order valence-electron chi connectivity index (χ1n) is 4.54. The van der Waals surface area contributed by atoms with Gasteiger partial charge in [-0.1, -0.05) is 20.3 Å². The van der Waals surface area contributed by atoms with E-state index in [4.69, 9.17) is 14.2 Å². The summed E-state index contributed by atoms with van der Waals surface area (Å²) in [6, 6.07) is 0. The topological polar surface area (TPSA) is 27.7 Å². The molecular formula is C9H18O3. The molecule has 0 saturated carbocycles. The molecule has 3 heteroatoms. The molecule has 0 N–H and O–H groups in total. The molecule has 1 heterocycles. The summed E-state index contributed by atoms with van der Waals surface area (Å²) >= 11 is 0. The summed E-state index contributed by atoms with van der Waals surface area (Å²) in [5.74, 6) is 1.20. The van der Waals surface area contributed by atoms with Crippen molar-refractivity contribution < 1.29 is 14.2 Å². The van der Waals surface area contributed by atoms with Gasteiger partial charge in [0.25, 0.3) is 6.48 Å². The van der Waals surface area contributed by atoms with Crippen molar-refractivity contribution in [2.45, 2.75) is 26.7 Å². The average molecular weight is 174 g/mol. The molecule has 0 spiro atoms. The summed E-state index contributed by atoms with van der Waals surface area (Å²) in [6.45, 7) is 5.49. The number of ether oxygens (including phenoxy) is 3. The molecule has 0 unspecified atom stereocenters. The van der Waals surface area contributed by atoms with Crippen molar-refractivity contribution in [1.82, 2.24) is 0 Å². The normalized spacial score (nSPS) is 33.2. The molecule has 0 bridgehead atoms. The standard InChI is InChI=1S/C9H18O3/c1-4-7(2)8-5-11-9(10-3)12-6-8/h7-9H,4-6H2,1-3H3/t7-,8?,9?/m1/s1. The third kappa shape index (κ3) is 2.44. The lowest BCUT2D eigenvalue weighted by atomic mass is 9.93. The van der Waals surface area contributed by atoms with Crippen molar-refractivity contribution in [1.29, 1.82) is 0 Å². The zero-order valence-corrected chi connectivity index (χ0v) is 8.08. The number of hydrogen-bond donors (Lipinski definition) is 0. The fourth-order valence-electron chi connectivity index (χ4n) is 1.30. The third-order valence-corrected chi connectivity index (χ3v) is 2.53. The lowest BCUT2D eigenvalue weighted by Gasteiger charge is -2.31. The summed E-state index contributed by atoms with van der Waals surface area (Å²) in [6.07, 6.45) is 1.18. The van der Waals surface area contributed by atoms with Gasteiger partial charge in [-0.3, -0.25) is 0 Å². The fraction of sp³-hybridized carbons (Fsp3) is 1.00. The van der Waals surface area contributed by atoms with E-state index in [1.807, 2.05) is 0 Å². The highest BCUT2D eigenvalue weighted by Gasteiger charge is 2.25. The van der Waals surface area contributed by atoms with Crippen molar-refractivity contribution >= 4 is 0 Å². The van der Waals surface area contributed by atoms with E-state index in [1.165, 1.54) is 6.42 Å². The maximum Gasteiger partial charge on any atom is 0.271 e. The van der Waals surface area contributed by atoms with Crippen LogP contribution < -0.4 is 0 Å². The molecule has 0 aromatic heterocycles. The van der Waals surface area contributed by atoms with E-state index >= 15 is 0 Å². The van der Waals surface area contributed by atoms with Crippen LogP contribution in [0.4, 0.5) is 0 Å². The monoisotopic (exact) mass is 174 g/mol. The van der Waals surface area contributed by atoms with Crippen molar-refractivity contribution in [3.63, 3.8) is 0 Å². The van der Waals surface area contributed by atoms with Crippen molar-refractivity contribution in [3.8, 4) is 0 Å². The molecule has 0 amide bonds. The van der Waals surface area contributed by atoms with Crippen LogP contribution in [0.3, 0.4) is 0 Å². The van der Waals surface area contributed by atoms with Gasteiger partial charge >= 0.3 is 0 Å². The molecule has 3 nitrogen and oxygen atoms in total. The Bertz CT molecular complexity index is 119. The van der Waals surface area contributed by atoms with Gasteiger partial charge in [0.05, 0.1) is 13.2 Å². The Morgan fingerprint density at radius 3 is 2.42 bits per heavy atom. The molecule has 0 aliphatic carbocycles. The van der Waals surface area contributed by atoms with Gasteiger partial charge in [0.15, 0.2) is 0 Å². The first-order valence-corrected chi connectivity index (χ1v) is 4.54. The number of hydrogen-bond acceptors (Lipinski definition) is 3. The zero-order chi connectivity index (χ0) is 8.97. The van der Waals surface area contributed by atoms with Crippen molar-refractivity contribution in [3.05, 3.63) is 0 Å². The molecule has 12 heavy (non-hydrogen) atoms. The Morgan fingerprint density at radius 2 is 2.00 bits per heavy atom. The predicted molar refractivity (Wildman–Crippen MR) is 45.6 cm³/mol. The number of rotatable bonds is 3. The van der Waals surface area contributed by atoms with Crippen LogP contribution in [0.15, 0.2) is 0 Å². The van der Waals surface area contributed by atoms with Crippen LogP contribution in [0.5, 0.6) is 0 Å². The Morgan fingerprint density at radius 1 is 1.42 bits per heavy atom. The Labute approximate surface area is 74.0 Å². The van der Waals surface area contributed by atoms with E-state index in [1.54, 1.807) is 7.11 Å². The summed E-state index contributed by atoms with van der Waals surface area (Å²) < 4.78 is 15.5. The maximum absolute atomic E-state index is 5.32. The van der Waals surface area contributed by atoms with E-state index in [9.17, 15) is 0 Å². The molecular weight excluding hydrogens is 156 g/mol. The second-order valence-electron chi connectivity index (χ2n) is 3.34. The minimum atomic E-state index is -0.440. The van der Waals surface area contributed by atoms with Crippen LogP contribution in [0.2, 0.25) is 0 Å². The second kappa shape index (κ2) is 4.80. The lowest BCUT2D eigenvalue weighted by molar-refractivity contribution is -0.316. The van der Waals surface area contributed by atoms with E-state index in [2.05, 4.69) is 13.8 Å². The van der Waals surface area contributed by atoms with Crippen LogP contribution in [0.1, 0.15) is 20.3 Å². The molecule has 1 aliphatic heterocycles. The van der Waals surface area contributed by atoms with Crippen LogP contribution in [-0.4, -0.2) is 26.8 Å². The molecule has 1 aliphatic rings. The van der Waals surface area contributed by atoms with Crippen LogP contribution in [-0.2, 0) is 14.2 Å². The van der Waals surface area contributed by atoms with E-state index in [-0.39, 0.29) is 0 Å². The van der Waals surface area contributed by atoms with Crippen molar-refractivity contribution in [2.75, 3.05) is 20.3 Å². The zero-order valence-electron chi connectivity index (χ0n) is 8.08. The predicted octanol–water partition coefficient (Wildman–Crippen LogP) is 1.63. The smallest absolute Gasteiger partial charge is 0.271 e. The molecule has 1 rings (SSSR count). The Hall–Kier alpha value is -0.120. The average Bonchev–Trinajstić information content (AvgIpc) is 2.17. The van der Waals surface area contributed by atoms with Gasteiger partial charge in [-0.2, -0.15) is 0 Å². The van der Waals surface area contributed by atoms with Gasteiger partial charge in [0.1, 0.15) is 0 Å².